The number of hydrogen-bond donors (Lipinski definition) is 2. The predicted octanol–water partition coefficient (Wildman–Crippen LogP) is 4.75. The molecular formula is C25H28FN5O. The lowest BCUT2D eigenvalue weighted by Gasteiger charge is -2.28. The van der Waals surface area contributed by atoms with Crippen LogP contribution < -0.4 is 5.32 Å². The third kappa shape index (κ3) is 4.28. The summed E-state index contributed by atoms with van der Waals surface area (Å²) < 4.78 is 14.9. The van der Waals surface area contributed by atoms with Gasteiger partial charge in [-0.15, -0.1) is 0 Å². The quantitative estimate of drug-likeness (QED) is 0.528. The van der Waals surface area contributed by atoms with Gasteiger partial charge in [0.15, 0.2) is 0 Å². The van der Waals surface area contributed by atoms with E-state index in [1.165, 1.54) is 0 Å². The van der Waals surface area contributed by atoms with E-state index in [1.54, 1.807) is 30.7 Å². The van der Waals surface area contributed by atoms with Crippen molar-refractivity contribution in [2.75, 3.05) is 7.05 Å². The molecule has 6 nitrogen and oxygen atoms in total. The van der Waals surface area contributed by atoms with E-state index in [4.69, 9.17) is 0 Å². The van der Waals surface area contributed by atoms with E-state index >= 15 is 0 Å². The first-order chi connectivity index (χ1) is 15.5. The second-order valence-corrected chi connectivity index (χ2v) is 8.19. The first-order valence-electron chi connectivity index (χ1n) is 10.9. The summed E-state index contributed by atoms with van der Waals surface area (Å²) in [5, 5.41) is 3.66. The number of aliphatic imine (C=N–C) groups is 1. The van der Waals surface area contributed by atoms with Gasteiger partial charge in [-0.05, 0) is 50.2 Å². The molecule has 0 radical (unpaired) electrons. The highest BCUT2D eigenvalue weighted by Gasteiger charge is 2.30. The van der Waals surface area contributed by atoms with Crippen LogP contribution in [0.3, 0.4) is 0 Å². The lowest BCUT2D eigenvalue weighted by atomic mass is 10.0. The number of halogens is 1. The standard InChI is InChI=1S/C25H28FN5O/c1-4-24(32)30-17-6-7-18(13-17)31(3)23(15-27-2)22-9-5-16(14-29-22)19-8-10-21-20(25(19)26)11-12-28-21/h5,8-12,14-15,17-18,28H,2,4,6-7,13H2,1,3H3,(H,30,32)/b23-15-/t17-,18+/m0/s1. The van der Waals surface area contributed by atoms with Crippen molar-refractivity contribution in [1.82, 2.24) is 20.2 Å². The van der Waals surface area contributed by atoms with Crippen LogP contribution in [0.5, 0.6) is 0 Å². The van der Waals surface area contributed by atoms with Crippen LogP contribution in [-0.4, -0.2) is 46.6 Å². The maximum Gasteiger partial charge on any atom is 0.219 e. The zero-order chi connectivity index (χ0) is 22.7. The number of aromatic nitrogens is 2. The van der Waals surface area contributed by atoms with Gasteiger partial charge in [0, 0.05) is 60.0 Å². The molecule has 1 aliphatic carbocycles. The van der Waals surface area contributed by atoms with Crippen molar-refractivity contribution in [2.45, 2.75) is 44.7 Å². The highest BCUT2D eigenvalue weighted by atomic mass is 19.1. The van der Waals surface area contributed by atoms with Gasteiger partial charge in [-0.3, -0.25) is 14.8 Å². The fraction of sp³-hybridized carbons (Fsp3) is 0.320. The summed E-state index contributed by atoms with van der Waals surface area (Å²) in [6.07, 6.45) is 8.41. The van der Waals surface area contributed by atoms with E-state index in [0.29, 0.717) is 22.9 Å². The van der Waals surface area contributed by atoms with E-state index in [0.717, 1.165) is 36.2 Å². The third-order valence-electron chi connectivity index (χ3n) is 6.24. The highest BCUT2D eigenvalue weighted by Crippen LogP contribution is 2.31. The summed E-state index contributed by atoms with van der Waals surface area (Å²) >= 11 is 0. The monoisotopic (exact) mass is 433 g/mol. The van der Waals surface area contributed by atoms with Crippen molar-refractivity contribution in [3.05, 3.63) is 60.4 Å². The van der Waals surface area contributed by atoms with Gasteiger partial charge >= 0.3 is 0 Å². The molecule has 4 rings (SSSR count). The van der Waals surface area contributed by atoms with Gasteiger partial charge in [0.05, 0.1) is 17.6 Å². The van der Waals surface area contributed by atoms with Crippen molar-refractivity contribution in [2.24, 2.45) is 4.99 Å². The largest absolute Gasteiger partial charge is 0.369 e. The Morgan fingerprint density at radius 3 is 2.91 bits per heavy atom. The summed E-state index contributed by atoms with van der Waals surface area (Å²) in [6, 6.07) is 9.59. The summed E-state index contributed by atoms with van der Waals surface area (Å²) in [5.74, 6) is -0.172. The molecule has 2 N–H and O–H groups in total. The van der Waals surface area contributed by atoms with Crippen molar-refractivity contribution >= 4 is 29.2 Å². The molecule has 1 amide bonds. The zero-order valence-electron chi connectivity index (χ0n) is 18.4. The van der Waals surface area contributed by atoms with Crippen LogP contribution in [0.1, 0.15) is 38.3 Å². The fourth-order valence-electron chi connectivity index (χ4n) is 4.42. The molecule has 1 fully saturated rings. The minimum atomic E-state index is -0.259. The maximum atomic E-state index is 14.9. The van der Waals surface area contributed by atoms with Crippen LogP contribution in [0.2, 0.25) is 0 Å². The van der Waals surface area contributed by atoms with Crippen LogP contribution >= 0.6 is 0 Å². The Morgan fingerprint density at radius 2 is 2.19 bits per heavy atom. The number of pyridine rings is 1. The average Bonchev–Trinajstić information content (AvgIpc) is 3.47. The maximum absolute atomic E-state index is 14.9. The SMILES string of the molecule is C=N/C=C(/c1ccc(-c2ccc3[nH]ccc3c2F)cn1)N(C)[C@@H]1CC[C@H](NC(=O)CC)C1. The molecule has 2 aromatic heterocycles. The number of H-pyrrole nitrogens is 1. The smallest absolute Gasteiger partial charge is 0.219 e. The molecule has 166 valence electrons. The first kappa shape index (κ1) is 21.7. The van der Waals surface area contributed by atoms with E-state index in [-0.39, 0.29) is 23.8 Å². The van der Waals surface area contributed by atoms with Crippen molar-refractivity contribution in [1.29, 1.82) is 0 Å². The van der Waals surface area contributed by atoms with Crippen molar-refractivity contribution in [3.8, 4) is 11.1 Å². The van der Waals surface area contributed by atoms with Crippen molar-refractivity contribution < 1.29 is 9.18 Å². The fourth-order valence-corrected chi connectivity index (χ4v) is 4.42. The number of benzene rings is 1. The van der Waals surface area contributed by atoms with Gasteiger partial charge in [0.25, 0.3) is 0 Å². The first-order valence-corrected chi connectivity index (χ1v) is 10.9. The second-order valence-electron chi connectivity index (χ2n) is 8.19. The number of nitrogens with one attached hydrogen (secondary N) is 2. The molecule has 0 bridgehead atoms. The Balaban J connectivity index is 1.54. The zero-order valence-corrected chi connectivity index (χ0v) is 18.4. The number of fused-ring (bicyclic) bond motifs is 1. The van der Waals surface area contributed by atoms with E-state index < -0.39 is 0 Å². The Morgan fingerprint density at radius 1 is 1.34 bits per heavy atom. The Bertz CT molecular complexity index is 1150. The van der Waals surface area contributed by atoms with Gasteiger partial charge in [0.1, 0.15) is 5.82 Å². The van der Waals surface area contributed by atoms with Crippen LogP contribution in [0, 0.1) is 5.82 Å². The molecule has 2 heterocycles. The Labute approximate surface area is 187 Å². The summed E-state index contributed by atoms with van der Waals surface area (Å²) in [5.41, 5.74) is 3.59. The van der Waals surface area contributed by atoms with E-state index in [9.17, 15) is 9.18 Å². The highest BCUT2D eigenvalue weighted by molar-refractivity contribution is 5.86. The number of carbonyl (C=O) groups is 1. The Kier molecular flexibility index (Phi) is 6.35. The molecule has 3 aromatic rings. The summed E-state index contributed by atoms with van der Waals surface area (Å²) in [7, 11) is 2.01. The average molecular weight is 434 g/mol. The number of nitrogens with zero attached hydrogens (tertiary/aromatic N) is 3. The number of aromatic amines is 1. The van der Waals surface area contributed by atoms with E-state index in [1.807, 2.05) is 32.2 Å². The van der Waals surface area contributed by atoms with E-state index in [2.05, 4.69) is 31.9 Å². The van der Waals surface area contributed by atoms with Crippen LogP contribution in [0.4, 0.5) is 4.39 Å². The number of amides is 1. The summed E-state index contributed by atoms with van der Waals surface area (Å²) in [6.45, 7) is 5.47. The predicted molar refractivity (Wildman–Crippen MR) is 127 cm³/mol. The molecule has 2 atom stereocenters. The molecule has 0 unspecified atom stereocenters. The van der Waals surface area contributed by atoms with Gasteiger partial charge in [-0.2, -0.15) is 0 Å². The number of carbonyl (C=O) groups excluding carboxylic acids is 1. The minimum Gasteiger partial charge on any atom is -0.369 e. The topological polar surface area (TPSA) is 73.4 Å². The molecule has 0 spiro atoms. The lowest BCUT2D eigenvalue weighted by molar-refractivity contribution is -0.121. The van der Waals surface area contributed by atoms with Gasteiger partial charge in [-0.25, -0.2) is 4.39 Å². The molecule has 0 aliphatic heterocycles. The minimum absolute atomic E-state index is 0.0872. The second kappa shape index (κ2) is 9.34. The molecule has 1 aromatic carbocycles. The number of hydrogen-bond acceptors (Lipinski definition) is 4. The van der Waals surface area contributed by atoms with Crippen LogP contribution in [0.25, 0.3) is 27.7 Å². The third-order valence-corrected chi connectivity index (χ3v) is 6.24. The molecule has 1 saturated carbocycles. The van der Waals surface area contributed by atoms with Crippen LogP contribution in [0.15, 0.2) is 53.9 Å². The lowest BCUT2D eigenvalue weighted by Crippen LogP contribution is -2.35. The molecule has 7 heteroatoms. The molecular weight excluding hydrogens is 405 g/mol. The van der Waals surface area contributed by atoms with Crippen LogP contribution in [-0.2, 0) is 4.79 Å². The molecule has 32 heavy (non-hydrogen) atoms. The molecule has 1 aliphatic rings. The molecule has 0 saturated heterocycles. The van der Waals surface area contributed by atoms with Gasteiger partial charge < -0.3 is 15.2 Å². The Hall–Kier alpha value is -3.48. The van der Waals surface area contributed by atoms with Crippen molar-refractivity contribution in [3.63, 3.8) is 0 Å². The summed E-state index contributed by atoms with van der Waals surface area (Å²) in [4.78, 5) is 25.5. The number of rotatable bonds is 7. The normalized spacial score (nSPS) is 18.7. The van der Waals surface area contributed by atoms with Gasteiger partial charge in [0.2, 0.25) is 5.91 Å². The van der Waals surface area contributed by atoms with Gasteiger partial charge in [-0.1, -0.05) is 13.0 Å².